The van der Waals surface area contributed by atoms with Gasteiger partial charge >= 0.3 is 5.97 Å². The van der Waals surface area contributed by atoms with Crippen LogP contribution in [0.3, 0.4) is 0 Å². The summed E-state index contributed by atoms with van der Waals surface area (Å²) in [6.45, 7) is 1.38. The van der Waals surface area contributed by atoms with Crippen LogP contribution in [-0.2, 0) is 21.6 Å². The topological polar surface area (TPSA) is 75.8 Å². The number of piperidine rings is 1. The number of aliphatic carboxylic acids is 1. The monoisotopic (exact) mass is 538 g/mol. The highest BCUT2D eigenvalue weighted by Crippen LogP contribution is 2.50. The number of carbonyl (C=O) groups is 1. The molecule has 0 amide bonds. The minimum Gasteiger partial charge on any atom is -0.481 e. The molecule has 2 bridgehead atoms. The summed E-state index contributed by atoms with van der Waals surface area (Å²) in [6.07, 6.45) is 5.92. The third-order valence-corrected chi connectivity index (χ3v) is 9.43. The number of hydrogen-bond acceptors (Lipinski definition) is 5. The third-order valence-electron chi connectivity index (χ3n) is 8.80. The Morgan fingerprint density at radius 2 is 1.84 bits per heavy atom. The molecule has 2 heterocycles. The van der Waals surface area contributed by atoms with Crippen LogP contribution in [0.1, 0.15) is 61.3 Å². The van der Waals surface area contributed by atoms with Gasteiger partial charge in [-0.1, -0.05) is 46.6 Å². The normalized spacial score (nSPS) is 25.6. The first-order valence-electron chi connectivity index (χ1n) is 13.1. The van der Waals surface area contributed by atoms with Crippen molar-refractivity contribution in [2.45, 2.75) is 68.6 Å². The van der Waals surface area contributed by atoms with Gasteiger partial charge in [-0.3, -0.25) is 4.79 Å². The van der Waals surface area contributed by atoms with E-state index in [1.165, 1.54) is 5.69 Å². The summed E-state index contributed by atoms with van der Waals surface area (Å²) >= 11 is 13.0. The quantitative estimate of drug-likeness (QED) is 0.338. The molecule has 4 fully saturated rings. The molecule has 0 spiro atoms. The summed E-state index contributed by atoms with van der Waals surface area (Å²) in [7, 11) is 0. The molecule has 192 valence electrons. The second-order valence-electron chi connectivity index (χ2n) is 11.1. The van der Waals surface area contributed by atoms with Gasteiger partial charge in [0.25, 0.3) is 0 Å². The predicted molar refractivity (Wildman–Crippen MR) is 141 cm³/mol. The summed E-state index contributed by atoms with van der Waals surface area (Å²) in [5, 5.41) is 15.1. The van der Waals surface area contributed by atoms with E-state index in [-0.39, 0.29) is 6.10 Å². The van der Waals surface area contributed by atoms with Gasteiger partial charge < -0.3 is 19.3 Å². The average Bonchev–Trinajstić information content (AvgIpc) is 3.79. The number of aromatic nitrogens is 1. The molecule has 3 aliphatic carbocycles. The molecular formula is C29H28Cl2N2O4. The maximum Gasteiger partial charge on any atom is 0.314 e. The first kappa shape index (κ1) is 23.6. The van der Waals surface area contributed by atoms with Gasteiger partial charge in [0, 0.05) is 41.2 Å². The Morgan fingerprint density at radius 3 is 2.43 bits per heavy atom. The van der Waals surface area contributed by atoms with Crippen molar-refractivity contribution in [1.82, 2.24) is 5.16 Å². The minimum atomic E-state index is -0.710. The summed E-state index contributed by atoms with van der Waals surface area (Å²) in [5.41, 5.74) is 3.80. The van der Waals surface area contributed by atoms with Crippen molar-refractivity contribution in [3.63, 3.8) is 0 Å². The molecule has 1 aliphatic heterocycles. The molecule has 0 unspecified atom stereocenters. The first-order chi connectivity index (χ1) is 17.9. The zero-order chi connectivity index (χ0) is 25.3. The van der Waals surface area contributed by atoms with E-state index in [0.717, 1.165) is 62.0 Å². The Bertz CT molecular complexity index is 1340. The molecule has 4 aliphatic rings. The molecule has 7 rings (SSSR count). The second-order valence-corrected chi connectivity index (χ2v) is 11.9. The van der Waals surface area contributed by atoms with E-state index in [1.54, 1.807) is 0 Å². The number of carboxylic acid groups (broad SMARTS) is 1. The molecule has 3 aromatic rings. The predicted octanol–water partition coefficient (Wildman–Crippen LogP) is 6.83. The lowest BCUT2D eigenvalue weighted by Gasteiger charge is -2.33. The highest BCUT2D eigenvalue weighted by atomic mass is 35.5. The Labute approximate surface area is 225 Å². The highest BCUT2D eigenvalue weighted by molar-refractivity contribution is 6.39. The van der Waals surface area contributed by atoms with Gasteiger partial charge in [0.1, 0.15) is 11.5 Å². The summed E-state index contributed by atoms with van der Waals surface area (Å²) < 4.78 is 12.3. The van der Waals surface area contributed by atoms with Crippen molar-refractivity contribution in [1.29, 1.82) is 0 Å². The zero-order valence-electron chi connectivity index (χ0n) is 20.3. The van der Waals surface area contributed by atoms with Crippen molar-refractivity contribution >= 4 is 34.9 Å². The average molecular weight is 539 g/mol. The molecule has 0 radical (unpaired) electrons. The molecule has 3 saturated carbocycles. The number of ether oxygens (including phenoxy) is 1. The van der Waals surface area contributed by atoms with Crippen molar-refractivity contribution in [3.05, 3.63) is 69.4 Å². The van der Waals surface area contributed by atoms with Gasteiger partial charge in [-0.2, -0.15) is 0 Å². The van der Waals surface area contributed by atoms with E-state index in [2.05, 4.69) is 22.2 Å². The minimum absolute atomic E-state index is 0.179. The number of halogens is 2. The third kappa shape index (κ3) is 3.96. The second kappa shape index (κ2) is 8.75. The number of anilines is 1. The van der Waals surface area contributed by atoms with Crippen LogP contribution < -0.4 is 4.90 Å². The SMILES string of the molecule is O=C(O)C1(c2ccc(N3C[C@@H]4C[C@H]3C[C@H]4OCc3c(-c4c(Cl)cccc4Cl)noc3C3CC3)cc2)CC1. The van der Waals surface area contributed by atoms with E-state index in [9.17, 15) is 9.90 Å². The van der Waals surface area contributed by atoms with Crippen LogP contribution in [0.2, 0.25) is 10.0 Å². The molecule has 6 nitrogen and oxygen atoms in total. The first-order valence-corrected chi connectivity index (χ1v) is 13.9. The summed E-state index contributed by atoms with van der Waals surface area (Å²) in [6, 6.07) is 14.1. The van der Waals surface area contributed by atoms with Gasteiger partial charge in [0.2, 0.25) is 0 Å². The molecule has 2 aromatic carbocycles. The van der Waals surface area contributed by atoms with E-state index in [1.807, 2.05) is 30.3 Å². The number of rotatable bonds is 8. The van der Waals surface area contributed by atoms with Crippen LogP contribution in [0.4, 0.5) is 5.69 Å². The summed E-state index contributed by atoms with van der Waals surface area (Å²) in [4.78, 5) is 14.1. The standard InChI is InChI=1S/C29H28Cl2N2O4/c30-22-2-1-3-23(31)25(22)26-21(27(37-32-26)16-4-5-16)15-36-24-13-20-12-17(24)14-33(20)19-8-6-18(7-9-19)29(10-11-29)28(34)35/h1-3,6-9,16-17,20,24H,4-5,10-15H2,(H,34,35)/t17-,20-,24+/m0/s1. The van der Waals surface area contributed by atoms with E-state index in [0.29, 0.717) is 45.8 Å². The molecular weight excluding hydrogens is 511 g/mol. The zero-order valence-corrected chi connectivity index (χ0v) is 21.8. The molecule has 8 heteroatoms. The Balaban J connectivity index is 1.05. The lowest BCUT2D eigenvalue weighted by Crippen LogP contribution is -2.38. The fourth-order valence-corrected chi connectivity index (χ4v) is 6.96. The van der Waals surface area contributed by atoms with Crippen molar-refractivity contribution in [2.24, 2.45) is 5.92 Å². The van der Waals surface area contributed by atoms with E-state index in [4.69, 9.17) is 32.5 Å². The van der Waals surface area contributed by atoms with Crippen LogP contribution in [0.5, 0.6) is 0 Å². The highest BCUT2D eigenvalue weighted by Gasteiger charge is 2.52. The van der Waals surface area contributed by atoms with Gasteiger partial charge in [-0.25, -0.2) is 0 Å². The van der Waals surface area contributed by atoms with E-state index >= 15 is 0 Å². The lowest BCUT2D eigenvalue weighted by molar-refractivity contribution is -0.140. The summed E-state index contributed by atoms with van der Waals surface area (Å²) in [5.74, 6) is 1.05. The number of hydrogen-bond donors (Lipinski definition) is 1. The van der Waals surface area contributed by atoms with Crippen LogP contribution in [0.15, 0.2) is 47.0 Å². The number of nitrogens with zero attached hydrogens (tertiary/aromatic N) is 2. The van der Waals surface area contributed by atoms with Crippen molar-refractivity contribution in [3.8, 4) is 11.3 Å². The van der Waals surface area contributed by atoms with Gasteiger partial charge in [-0.05, 0) is 68.4 Å². The van der Waals surface area contributed by atoms with Crippen LogP contribution >= 0.6 is 23.2 Å². The maximum absolute atomic E-state index is 11.7. The molecule has 1 aromatic heterocycles. The van der Waals surface area contributed by atoms with Gasteiger partial charge in [-0.15, -0.1) is 0 Å². The molecule has 37 heavy (non-hydrogen) atoms. The largest absolute Gasteiger partial charge is 0.481 e. The molecule has 3 atom stereocenters. The smallest absolute Gasteiger partial charge is 0.314 e. The van der Waals surface area contributed by atoms with Crippen LogP contribution in [0.25, 0.3) is 11.3 Å². The van der Waals surface area contributed by atoms with Gasteiger partial charge in [0.15, 0.2) is 0 Å². The number of benzene rings is 2. The van der Waals surface area contributed by atoms with Crippen LogP contribution in [-0.4, -0.2) is 34.9 Å². The Morgan fingerprint density at radius 1 is 1.11 bits per heavy atom. The Kier molecular flexibility index (Phi) is 5.58. The molecule has 1 saturated heterocycles. The molecule has 1 N–H and O–H groups in total. The van der Waals surface area contributed by atoms with Crippen LogP contribution in [0, 0.1) is 5.92 Å². The lowest BCUT2D eigenvalue weighted by atomic mass is 9.95. The van der Waals surface area contributed by atoms with Crippen molar-refractivity contribution < 1.29 is 19.2 Å². The fraction of sp³-hybridized carbons (Fsp3) is 0.448. The fourth-order valence-electron chi connectivity index (χ4n) is 6.39. The maximum atomic E-state index is 11.7. The van der Waals surface area contributed by atoms with E-state index < -0.39 is 11.4 Å². The van der Waals surface area contributed by atoms with Gasteiger partial charge in [0.05, 0.1) is 28.2 Å². The number of fused-ring (bicyclic) bond motifs is 2. The number of carboxylic acids is 1. The Hall–Kier alpha value is -2.54. The van der Waals surface area contributed by atoms with Crippen molar-refractivity contribution in [2.75, 3.05) is 11.4 Å².